The van der Waals surface area contributed by atoms with Crippen molar-refractivity contribution < 1.29 is 41.0 Å². The van der Waals surface area contributed by atoms with Crippen LogP contribution in [0.15, 0.2) is 48.5 Å². The molecule has 0 aliphatic carbocycles. The van der Waals surface area contributed by atoms with Crippen molar-refractivity contribution >= 4 is 17.3 Å². The first-order chi connectivity index (χ1) is 12.4. The molecule has 0 heterocycles. The first-order valence-electron chi connectivity index (χ1n) is 7.32. The van der Waals surface area contributed by atoms with Gasteiger partial charge in [0.25, 0.3) is 5.60 Å². The van der Waals surface area contributed by atoms with Crippen molar-refractivity contribution in [3.8, 4) is 0 Å². The number of esters is 1. The van der Waals surface area contributed by atoms with Crippen LogP contribution in [0.2, 0.25) is 0 Å². The maximum atomic E-state index is 12.9. The van der Waals surface area contributed by atoms with E-state index in [4.69, 9.17) is 0 Å². The van der Waals surface area contributed by atoms with Crippen molar-refractivity contribution in [1.82, 2.24) is 0 Å². The first kappa shape index (κ1) is 20.6. The minimum absolute atomic E-state index is 0.146. The molecule has 0 saturated carbocycles. The quantitative estimate of drug-likeness (QED) is 0.592. The highest BCUT2D eigenvalue weighted by Crippen LogP contribution is 2.50. The summed E-state index contributed by atoms with van der Waals surface area (Å²) in [6.45, 7) is 0. The Morgan fingerprint density at radius 1 is 0.926 bits per heavy atom. The second-order valence-electron chi connectivity index (χ2n) is 5.48. The van der Waals surface area contributed by atoms with Crippen LogP contribution in [0.3, 0.4) is 0 Å². The summed E-state index contributed by atoms with van der Waals surface area (Å²) in [5.41, 5.74) is -5.65. The molecule has 0 amide bonds. The molecule has 0 aliphatic rings. The fourth-order valence-corrected chi connectivity index (χ4v) is 2.29. The summed E-state index contributed by atoms with van der Waals surface area (Å²) in [6.07, 6.45) is -11.9. The number of nitrogens with one attached hydrogen (secondary N) is 1. The van der Waals surface area contributed by atoms with Gasteiger partial charge in [-0.2, -0.15) is 26.3 Å². The predicted octanol–water partition coefficient (Wildman–Crippen LogP) is 4.53. The van der Waals surface area contributed by atoms with Gasteiger partial charge < -0.3 is 15.2 Å². The SMILES string of the molecule is COC(=O)c1cccc(Nc2ccc(C(O)(C(F)(F)F)C(F)(F)F)cc2)c1. The van der Waals surface area contributed by atoms with E-state index in [1.54, 1.807) is 0 Å². The molecule has 0 atom stereocenters. The summed E-state index contributed by atoms with van der Waals surface area (Å²) in [4.78, 5) is 11.5. The van der Waals surface area contributed by atoms with Crippen LogP contribution in [0.25, 0.3) is 0 Å². The van der Waals surface area contributed by atoms with Gasteiger partial charge in [0, 0.05) is 16.9 Å². The predicted molar refractivity (Wildman–Crippen MR) is 83.5 cm³/mol. The van der Waals surface area contributed by atoms with E-state index < -0.39 is 29.5 Å². The topological polar surface area (TPSA) is 58.6 Å². The summed E-state index contributed by atoms with van der Waals surface area (Å²) < 4.78 is 81.7. The molecule has 2 N–H and O–H groups in total. The molecule has 0 bridgehead atoms. The number of alkyl halides is 6. The number of halogens is 6. The van der Waals surface area contributed by atoms with Crippen molar-refractivity contribution in [3.05, 3.63) is 59.7 Å². The van der Waals surface area contributed by atoms with Crippen LogP contribution >= 0.6 is 0 Å². The van der Waals surface area contributed by atoms with Gasteiger partial charge in [-0.25, -0.2) is 4.79 Å². The third-order valence-corrected chi connectivity index (χ3v) is 3.70. The van der Waals surface area contributed by atoms with E-state index in [0.717, 1.165) is 12.1 Å². The molecule has 2 rings (SSSR count). The summed E-state index contributed by atoms with van der Waals surface area (Å²) in [5, 5.41) is 12.1. The van der Waals surface area contributed by atoms with Gasteiger partial charge in [-0.3, -0.25) is 0 Å². The molecule has 2 aromatic carbocycles. The Hall–Kier alpha value is -2.75. The fraction of sp³-hybridized carbons (Fsp3) is 0.235. The number of carbonyl (C=O) groups excluding carboxylic acids is 1. The van der Waals surface area contributed by atoms with Crippen LogP contribution in [0, 0.1) is 0 Å². The Morgan fingerprint density at radius 2 is 1.48 bits per heavy atom. The minimum atomic E-state index is -5.95. The second-order valence-corrected chi connectivity index (χ2v) is 5.48. The number of hydrogen-bond acceptors (Lipinski definition) is 4. The molecular weight excluding hydrogens is 380 g/mol. The maximum Gasteiger partial charge on any atom is 0.430 e. The van der Waals surface area contributed by atoms with Gasteiger partial charge >= 0.3 is 18.3 Å². The summed E-state index contributed by atoms with van der Waals surface area (Å²) in [6, 6.07) is 8.83. The zero-order chi connectivity index (χ0) is 20.5. The second kappa shape index (κ2) is 7.10. The Morgan fingerprint density at radius 3 is 1.96 bits per heavy atom. The van der Waals surface area contributed by atoms with Gasteiger partial charge in [0.05, 0.1) is 12.7 Å². The number of anilines is 2. The average molecular weight is 393 g/mol. The van der Waals surface area contributed by atoms with Gasteiger partial charge in [0.1, 0.15) is 0 Å². The Labute approximate surface area is 149 Å². The number of hydrogen-bond donors (Lipinski definition) is 2. The van der Waals surface area contributed by atoms with Crippen LogP contribution in [0.4, 0.5) is 37.7 Å². The molecule has 0 aromatic heterocycles. The van der Waals surface area contributed by atoms with E-state index in [1.165, 1.54) is 31.4 Å². The van der Waals surface area contributed by atoms with Crippen molar-refractivity contribution in [1.29, 1.82) is 0 Å². The molecule has 146 valence electrons. The van der Waals surface area contributed by atoms with E-state index in [1.807, 2.05) is 0 Å². The number of rotatable bonds is 4. The molecule has 4 nitrogen and oxygen atoms in total. The highest BCUT2D eigenvalue weighted by Gasteiger charge is 2.71. The average Bonchev–Trinajstić information content (AvgIpc) is 2.59. The standard InChI is InChI=1S/C17H13F6NO3/c1-27-14(25)10-3-2-4-13(9-10)24-12-7-5-11(6-8-12)15(26,16(18,19)20)17(21,22)23/h2-9,24,26H,1H3. The van der Waals surface area contributed by atoms with Crippen molar-refractivity contribution in [2.24, 2.45) is 0 Å². The lowest BCUT2D eigenvalue weighted by Crippen LogP contribution is -2.53. The largest absolute Gasteiger partial charge is 0.465 e. The number of carbonyl (C=O) groups is 1. The maximum absolute atomic E-state index is 12.9. The molecule has 0 aliphatic heterocycles. The van der Waals surface area contributed by atoms with Crippen LogP contribution in [0.5, 0.6) is 0 Å². The third kappa shape index (κ3) is 4.00. The normalized spacial score (nSPS) is 12.6. The van der Waals surface area contributed by atoms with E-state index in [9.17, 15) is 36.2 Å². The monoisotopic (exact) mass is 393 g/mol. The number of methoxy groups -OCH3 is 1. The lowest BCUT2D eigenvalue weighted by molar-refractivity contribution is -0.376. The first-order valence-corrected chi connectivity index (χ1v) is 7.32. The number of benzene rings is 2. The Bertz CT molecular complexity index is 801. The minimum Gasteiger partial charge on any atom is -0.465 e. The molecule has 27 heavy (non-hydrogen) atoms. The highest BCUT2D eigenvalue weighted by atomic mass is 19.4. The summed E-state index contributed by atoms with van der Waals surface area (Å²) >= 11 is 0. The van der Waals surface area contributed by atoms with Crippen LogP contribution in [0.1, 0.15) is 15.9 Å². The van der Waals surface area contributed by atoms with E-state index in [-0.39, 0.29) is 11.3 Å². The van der Waals surface area contributed by atoms with Gasteiger partial charge in [-0.1, -0.05) is 18.2 Å². The van der Waals surface area contributed by atoms with Crippen LogP contribution in [-0.2, 0) is 10.3 Å². The number of aliphatic hydroxyl groups is 1. The molecule has 0 saturated heterocycles. The van der Waals surface area contributed by atoms with Crippen LogP contribution < -0.4 is 5.32 Å². The highest BCUT2D eigenvalue weighted by molar-refractivity contribution is 5.90. The lowest BCUT2D eigenvalue weighted by atomic mass is 9.92. The zero-order valence-electron chi connectivity index (χ0n) is 13.7. The molecule has 0 radical (unpaired) electrons. The third-order valence-electron chi connectivity index (χ3n) is 3.70. The molecule has 2 aromatic rings. The lowest BCUT2D eigenvalue weighted by Gasteiger charge is -2.32. The van der Waals surface area contributed by atoms with E-state index in [2.05, 4.69) is 10.1 Å². The molecule has 0 spiro atoms. The zero-order valence-corrected chi connectivity index (χ0v) is 13.7. The summed E-state index contributed by atoms with van der Waals surface area (Å²) in [5.74, 6) is -0.616. The van der Waals surface area contributed by atoms with Crippen molar-refractivity contribution in [2.75, 3.05) is 12.4 Å². The molecular formula is C17H13F6NO3. The number of ether oxygens (including phenoxy) is 1. The Kier molecular flexibility index (Phi) is 5.41. The van der Waals surface area contributed by atoms with Gasteiger partial charge in [-0.15, -0.1) is 0 Å². The molecule has 0 unspecified atom stereocenters. The fourth-order valence-electron chi connectivity index (χ4n) is 2.29. The van der Waals surface area contributed by atoms with Crippen LogP contribution in [-0.4, -0.2) is 30.5 Å². The van der Waals surface area contributed by atoms with E-state index in [0.29, 0.717) is 17.8 Å². The molecule has 10 heteroatoms. The van der Waals surface area contributed by atoms with Gasteiger partial charge in [0.2, 0.25) is 0 Å². The van der Waals surface area contributed by atoms with Crippen molar-refractivity contribution in [2.45, 2.75) is 18.0 Å². The Balaban J connectivity index is 2.31. The molecule has 0 fully saturated rings. The van der Waals surface area contributed by atoms with Gasteiger partial charge in [0.15, 0.2) is 0 Å². The van der Waals surface area contributed by atoms with Gasteiger partial charge in [-0.05, 0) is 30.3 Å². The van der Waals surface area contributed by atoms with E-state index >= 15 is 0 Å². The summed E-state index contributed by atoms with van der Waals surface area (Å²) in [7, 11) is 1.18. The van der Waals surface area contributed by atoms with Crippen molar-refractivity contribution in [3.63, 3.8) is 0 Å². The smallest absolute Gasteiger partial charge is 0.430 e.